The van der Waals surface area contributed by atoms with E-state index in [1.165, 1.54) is 0 Å². The number of hydrogen-bond donors (Lipinski definition) is 1. The Hall–Kier alpha value is -1.16. The van der Waals surface area contributed by atoms with Crippen molar-refractivity contribution >= 4 is 5.82 Å². The molecule has 0 bridgehead atoms. The number of nitrogens with one attached hydrogen (secondary N) is 1. The van der Waals surface area contributed by atoms with Crippen LogP contribution < -0.4 is 10.2 Å². The molecule has 0 saturated carbocycles. The second-order valence-corrected chi connectivity index (χ2v) is 6.43. The maximum absolute atomic E-state index is 4.46. The van der Waals surface area contributed by atoms with Crippen molar-refractivity contribution in [3.63, 3.8) is 0 Å². The van der Waals surface area contributed by atoms with Crippen LogP contribution in [-0.4, -0.2) is 28.8 Å². The summed E-state index contributed by atoms with van der Waals surface area (Å²) in [6.45, 7) is 15.1. The Balaban J connectivity index is 2.82. The molecule has 0 aromatic carbocycles. The fraction of sp³-hybridized carbons (Fsp3) is 0.765. The smallest absolute Gasteiger partial charge is 0.151 e. The summed E-state index contributed by atoms with van der Waals surface area (Å²) in [5.41, 5.74) is 1.00. The minimum absolute atomic E-state index is 0.466. The van der Waals surface area contributed by atoms with E-state index in [0.29, 0.717) is 18.0 Å². The molecule has 1 aromatic rings. The number of anilines is 1. The Morgan fingerprint density at radius 3 is 2.14 bits per heavy atom. The molecule has 0 spiro atoms. The SMILES string of the molecule is CCC(CC)N(CC(C)C)c1ccc(CNC(C)C)nn1. The van der Waals surface area contributed by atoms with Crippen LogP contribution in [0.5, 0.6) is 0 Å². The first-order valence-corrected chi connectivity index (χ1v) is 8.30. The van der Waals surface area contributed by atoms with E-state index in [4.69, 9.17) is 0 Å². The van der Waals surface area contributed by atoms with E-state index in [1.54, 1.807) is 0 Å². The van der Waals surface area contributed by atoms with E-state index in [9.17, 15) is 0 Å². The summed E-state index contributed by atoms with van der Waals surface area (Å²) in [6, 6.07) is 5.22. The van der Waals surface area contributed by atoms with E-state index in [1.807, 2.05) is 0 Å². The van der Waals surface area contributed by atoms with Crippen LogP contribution in [0, 0.1) is 5.92 Å². The van der Waals surface area contributed by atoms with Gasteiger partial charge in [0.1, 0.15) is 0 Å². The van der Waals surface area contributed by atoms with Gasteiger partial charge in [-0.15, -0.1) is 5.10 Å². The minimum Gasteiger partial charge on any atom is -0.352 e. The molecule has 0 atom stereocenters. The summed E-state index contributed by atoms with van der Waals surface area (Å²) < 4.78 is 0. The molecular formula is C17H32N4. The van der Waals surface area contributed by atoms with E-state index in [-0.39, 0.29) is 0 Å². The lowest BCUT2D eigenvalue weighted by Crippen LogP contribution is -2.38. The molecule has 1 rings (SSSR count). The van der Waals surface area contributed by atoms with Gasteiger partial charge >= 0.3 is 0 Å². The zero-order valence-electron chi connectivity index (χ0n) is 14.6. The summed E-state index contributed by atoms with van der Waals surface area (Å²) in [7, 11) is 0. The maximum atomic E-state index is 4.46. The number of hydrogen-bond acceptors (Lipinski definition) is 4. The minimum atomic E-state index is 0.466. The van der Waals surface area contributed by atoms with Gasteiger partial charge in [0.2, 0.25) is 0 Å². The van der Waals surface area contributed by atoms with Crippen molar-refractivity contribution in [3.8, 4) is 0 Å². The van der Waals surface area contributed by atoms with Crippen LogP contribution in [0.25, 0.3) is 0 Å². The molecule has 120 valence electrons. The second kappa shape index (κ2) is 8.98. The summed E-state index contributed by atoms with van der Waals surface area (Å²) in [5, 5.41) is 12.2. The average Bonchev–Trinajstić information content (AvgIpc) is 2.45. The molecule has 4 heteroatoms. The van der Waals surface area contributed by atoms with Crippen LogP contribution in [0.2, 0.25) is 0 Å². The van der Waals surface area contributed by atoms with Gasteiger partial charge in [-0.25, -0.2) is 0 Å². The highest BCUT2D eigenvalue weighted by Gasteiger charge is 2.18. The standard InChI is InChI=1S/C17H32N4/c1-7-16(8-2)21(12-13(3)4)17-10-9-15(19-20-17)11-18-14(5)6/h9-10,13-14,16,18H,7-8,11-12H2,1-6H3. The maximum Gasteiger partial charge on any atom is 0.151 e. The van der Waals surface area contributed by atoms with Gasteiger partial charge in [-0.2, -0.15) is 5.10 Å². The van der Waals surface area contributed by atoms with Crippen molar-refractivity contribution in [2.45, 2.75) is 73.0 Å². The molecule has 0 radical (unpaired) electrons. The van der Waals surface area contributed by atoms with Crippen molar-refractivity contribution in [1.29, 1.82) is 0 Å². The molecular weight excluding hydrogens is 260 g/mol. The van der Waals surface area contributed by atoms with Gasteiger partial charge in [-0.1, -0.05) is 41.5 Å². The molecule has 1 N–H and O–H groups in total. The van der Waals surface area contributed by atoms with Gasteiger partial charge in [0.15, 0.2) is 5.82 Å². The monoisotopic (exact) mass is 292 g/mol. The van der Waals surface area contributed by atoms with Gasteiger partial charge in [-0.05, 0) is 30.9 Å². The Morgan fingerprint density at radius 1 is 1.05 bits per heavy atom. The highest BCUT2D eigenvalue weighted by Crippen LogP contribution is 2.19. The van der Waals surface area contributed by atoms with Crippen LogP contribution in [0.4, 0.5) is 5.82 Å². The van der Waals surface area contributed by atoms with Crippen molar-refractivity contribution in [2.75, 3.05) is 11.4 Å². The van der Waals surface area contributed by atoms with Crippen LogP contribution in [0.3, 0.4) is 0 Å². The molecule has 0 fully saturated rings. The normalized spacial score (nSPS) is 11.7. The summed E-state index contributed by atoms with van der Waals surface area (Å²) in [5.74, 6) is 1.63. The number of nitrogens with zero attached hydrogens (tertiary/aromatic N) is 3. The molecule has 21 heavy (non-hydrogen) atoms. The Morgan fingerprint density at radius 2 is 1.71 bits per heavy atom. The van der Waals surface area contributed by atoms with Crippen molar-refractivity contribution in [3.05, 3.63) is 17.8 Å². The molecule has 0 aliphatic carbocycles. The summed E-state index contributed by atoms with van der Waals surface area (Å²) in [4.78, 5) is 2.41. The Kier molecular flexibility index (Phi) is 7.65. The van der Waals surface area contributed by atoms with Gasteiger partial charge in [-0.3, -0.25) is 0 Å². The van der Waals surface area contributed by atoms with E-state index >= 15 is 0 Å². The zero-order valence-corrected chi connectivity index (χ0v) is 14.6. The van der Waals surface area contributed by atoms with E-state index < -0.39 is 0 Å². The van der Waals surface area contributed by atoms with Gasteiger partial charge in [0, 0.05) is 25.2 Å². The average molecular weight is 292 g/mol. The van der Waals surface area contributed by atoms with Gasteiger partial charge in [0.05, 0.1) is 5.69 Å². The molecule has 0 unspecified atom stereocenters. The van der Waals surface area contributed by atoms with Crippen molar-refractivity contribution < 1.29 is 0 Å². The third-order valence-corrected chi connectivity index (χ3v) is 3.64. The molecule has 1 aromatic heterocycles. The summed E-state index contributed by atoms with van der Waals surface area (Å²) >= 11 is 0. The Bertz CT molecular complexity index is 382. The van der Waals surface area contributed by atoms with Crippen LogP contribution in [-0.2, 0) is 6.54 Å². The Labute approximate surface area is 130 Å². The third kappa shape index (κ3) is 6.00. The first-order valence-electron chi connectivity index (χ1n) is 8.30. The first-order chi connectivity index (χ1) is 9.97. The lowest BCUT2D eigenvalue weighted by Gasteiger charge is -2.32. The number of aromatic nitrogens is 2. The van der Waals surface area contributed by atoms with Gasteiger partial charge < -0.3 is 10.2 Å². The highest BCUT2D eigenvalue weighted by atomic mass is 15.3. The van der Waals surface area contributed by atoms with Crippen LogP contribution in [0.1, 0.15) is 60.1 Å². The van der Waals surface area contributed by atoms with Crippen molar-refractivity contribution in [2.24, 2.45) is 5.92 Å². The lowest BCUT2D eigenvalue weighted by molar-refractivity contribution is 0.500. The lowest BCUT2D eigenvalue weighted by atomic mass is 10.1. The topological polar surface area (TPSA) is 41.0 Å². The van der Waals surface area contributed by atoms with Gasteiger partial charge in [0.25, 0.3) is 0 Å². The third-order valence-electron chi connectivity index (χ3n) is 3.64. The second-order valence-electron chi connectivity index (χ2n) is 6.43. The fourth-order valence-electron chi connectivity index (χ4n) is 2.46. The van der Waals surface area contributed by atoms with E-state index in [0.717, 1.165) is 37.4 Å². The number of rotatable bonds is 9. The largest absolute Gasteiger partial charge is 0.352 e. The zero-order chi connectivity index (χ0) is 15.8. The molecule has 0 saturated heterocycles. The quantitative estimate of drug-likeness (QED) is 0.754. The van der Waals surface area contributed by atoms with E-state index in [2.05, 4.69) is 74.1 Å². The molecule has 4 nitrogen and oxygen atoms in total. The predicted molar refractivity (Wildman–Crippen MR) is 90.6 cm³/mol. The predicted octanol–water partition coefficient (Wildman–Crippen LogP) is 3.63. The summed E-state index contributed by atoms with van der Waals surface area (Å²) in [6.07, 6.45) is 2.28. The molecule has 1 heterocycles. The van der Waals surface area contributed by atoms with Crippen LogP contribution >= 0.6 is 0 Å². The van der Waals surface area contributed by atoms with Crippen molar-refractivity contribution in [1.82, 2.24) is 15.5 Å². The first kappa shape index (κ1) is 17.9. The molecule has 0 aliphatic heterocycles. The molecule has 0 amide bonds. The van der Waals surface area contributed by atoms with Crippen LogP contribution in [0.15, 0.2) is 12.1 Å². The highest BCUT2D eigenvalue weighted by molar-refractivity contribution is 5.38. The fourth-order valence-corrected chi connectivity index (χ4v) is 2.46. The molecule has 0 aliphatic rings.